The van der Waals surface area contributed by atoms with E-state index < -0.39 is 0 Å². The van der Waals surface area contributed by atoms with Crippen LogP contribution in [-0.2, 0) is 11.2 Å². The molecular weight excluding hydrogens is 300 g/mol. The number of carbonyl (C=O) groups is 1. The number of rotatable bonds is 6. The number of carbonyl (C=O) groups excluding carboxylic acids is 1. The maximum absolute atomic E-state index is 12.2. The highest BCUT2D eigenvalue weighted by Crippen LogP contribution is 2.21. The Balaban J connectivity index is 1.53. The van der Waals surface area contributed by atoms with Crippen molar-refractivity contribution < 1.29 is 4.79 Å². The summed E-state index contributed by atoms with van der Waals surface area (Å²) in [5, 5.41) is 4.27. The zero-order valence-electron chi connectivity index (χ0n) is 14.5. The van der Waals surface area contributed by atoms with Crippen LogP contribution in [0.25, 0.3) is 10.9 Å². The molecule has 0 saturated carbocycles. The van der Waals surface area contributed by atoms with E-state index in [1.807, 2.05) is 30.8 Å². The molecular formula is C19H24N4O. The Morgan fingerprint density at radius 2 is 2.21 bits per heavy atom. The number of nitrogens with zero attached hydrogens (tertiary/aromatic N) is 2. The van der Waals surface area contributed by atoms with Gasteiger partial charge in [0.2, 0.25) is 5.91 Å². The van der Waals surface area contributed by atoms with E-state index in [1.54, 1.807) is 6.20 Å². The molecule has 0 aliphatic rings. The Hall–Kier alpha value is -2.56. The summed E-state index contributed by atoms with van der Waals surface area (Å²) in [6.07, 6.45) is 7.02. The summed E-state index contributed by atoms with van der Waals surface area (Å²) < 4.78 is 2.03. The quantitative estimate of drug-likeness (QED) is 0.731. The third-order valence-electron chi connectivity index (χ3n) is 4.54. The Kier molecular flexibility index (Phi) is 4.69. The summed E-state index contributed by atoms with van der Waals surface area (Å²) in [4.78, 5) is 19.7. The van der Waals surface area contributed by atoms with Crippen LogP contribution in [-0.4, -0.2) is 27.0 Å². The molecule has 0 saturated heterocycles. The maximum Gasteiger partial charge on any atom is 0.222 e. The molecule has 0 spiro atoms. The summed E-state index contributed by atoms with van der Waals surface area (Å²) in [7, 11) is 0. The summed E-state index contributed by atoms with van der Waals surface area (Å²) in [5.74, 6) is 1.01. The highest BCUT2D eigenvalue weighted by molar-refractivity contribution is 5.86. The number of hydrogen-bond donors (Lipinski definition) is 2. The van der Waals surface area contributed by atoms with Gasteiger partial charge in [-0.25, -0.2) is 4.98 Å². The molecule has 0 aliphatic carbocycles. The van der Waals surface area contributed by atoms with Gasteiger partial charge in [-0.15, -0.1) is 0 Å². The summed E-state index contributed by atoms with van der Waals surface area (Å²) in [6, 6.07) is 6.41. The number of H-pyrrole nitrogens is 1. The van der Waals surface area contributed by atoms with Gasteiger partial charge in [0.1, 0.15) is 5.82 Å². The first-order chi connectivity index (χ1) is 11.6. The Bertz CT molecular complexity index is 846. The van der Waals surface area contributed by atoms with Gasteiger partial charge in [-0.05, 0) is 38.3 Å². The smallest absolute Gasteiger partial charge is 0.222 e. The molecule has 0 radical (unpaired) electrons. The number of para-hydroxylation sites is 1. The zero-order valence-corrected chi connectivity index (χ0v) is 14.5. The monoisotopic (exact) mass is 324 g/mol. The van der Waals surface area contributed by atoms with Gasteiger partial charge in [0.25, 0.3) is 0 Å². The van der Waals surface area contributed by atoms with Gasteiger partial charge in [0, 0.05) is 48.5 Å². The van der Waals surface area contributed by atoms with Gasteiger partial charge >= 0.3 is 0 Å². The average molecular weight is 324 g/mol. The largest absolute Gasteiger partial charge is 0.361 e. The molecule has 2 N–H and O–H groups in total. The molecule has 3 aromatic rings. The fourth-order valence-electron chi connectivity index (χ4n) is 3.20. The number of aromatic nitrogens is 3. The van der Waals surface area contributed by atoms with E-state index in [0.29, 0.717) is 13.0 Å². The molecule has 24 heavy (non-hydrogen) atoms. The Morgan fingerprint density at radius 1 is 1.38 bits per heavy atom. The van der Waals surface area contributed by atoms with Gasteiger partial charge in [0.15, 0.2) is 0 Å². The van der Waals surface area contributed by atoms with Crippen LogP contribution in [0.1, 0.15) is 36.3 Å². The fraction of sp³-hybridized carbons (Fsp3) is 0.368. The minimum Gasteiger partial charge on any atom is -0.361 e. The molecule has 0 fully saturated rings. The fourth-order valence-corrected chi connectivity index (χ4v) is 3.20. The number of aryl methyl sites for hydroxylation is 2. The summed E-state index contributed by atoms with van der Waals surface area (Å²) >= 11 is 0. The van der Waals surface area contributed by atoms with Crippen LogP contribution in [0.5, 0.6) is 0 Å². The van der Waals surface area contributed by atoms with Crippen LogP contribution < -0.4 is 5.32 Å². The molecule has 0 unspecified atom stereocenters. The first kappa shape index (κ1) is 16.3. The predicted molar refractivity (Wildman–Crippen MR) is 96.0 cm³/mol. The van der Waals surface area contributed by atoms with E-state index in [0.717, 1.165) is 12.2 Å². The van der Waals surface area contributed by atoms with Gasteiger partial charge in [-0.1, -0.05) is 18.2 Å². The molecule has 126 valence electrons. The average Bonchev–Trinajstić information content (AvgIpc) is 3.15. The second-order valence-corrected chi connectivity index (χ2v) is 6.35. The maximum atomic E-state index is 12.2. The summed E-state index contributed by atoms with van der Waals surface area (Å²) in [5.41, 5.74) is 3.67. The normalized spacial score (nSPS) is 12.5. The summed E-state index contributed by atoms with van der Waals surface area (Å²) in [6.45, 7) is 6.74. The number of amides is 1. The molecule has 2 heterocycles. The van der Waals surface area contributed by atoms with E-state index in [2.05, 4.69) is 40.4 Å². The first-order valence-electron chi connectivity index (χ1n) is 8.38. The number of imidazole rings is 1. The predicted octanol–water partition coefficient (Wildman–Crippen LogP) is 3.29. The van der Waals surface area contributed by atoms with E-state index in [4.69, 9.17) is 0 Å². The van der Waals surface area contributed by atoms with E-state index in [-0.39, 0.29) is 11.9 Å². The van der Waals surface area contributed by atoms with Crippen molar-refractivity contribution >= 4 is 16.8 Å². The third-order valence-corrected chi connectivity index (χ3v) is 4.54. The van der Waals surface area contributed by atoms with Crippen molar-refractivity contribution in [2.24, 2.45) is 0 Å². The minimum atomic E-state index is 0.0756. The Labute approximate surface area is 142 Å². The van der Waals surface area contributed by atoms with Crippen molar-refractivity contribution in [2.45, 2.75) is 39.7 Å². The van der Waals surface area contributed by atoms with Gasteiger partial charge < -0.3 is 14.9 Å². The number of benzene rings is 1. The molecule has 1 amide bonds. The van der Waals surface area contributed by atoms with Crippen LogP contribution >= 0.6 is 0 Å². The second-order valence-electron chi connectivity index (χ2n) is 6.35. The van der Waals surface area contributed by atoms with E-state index in [1.165, 1.54) is 22.0 Å². The lowest BCUT2D eigenvalue weighted by atomic mass is 10.1. The van der Waals surface area contributed by atoms with E-state index >= 15 is 0 Å². The van der Waals surface area contributed by atoms with Crippen LogP contribution in [0.4, 0.5) is 0 Å². The standard InChI is InChI=1S/C19H24N4O/c1-13-5-4-6-17-16(12-22-19(13)17)7-8-21-18(24)11-14(2)23-10-9-20-15(23)3/h4-6,9-10,12,14,22H,7-8,11H2,1-3H3,(H,21,24)/t14-/m0/s1. The molecule has 1 atom stereocenters. The van der Waals surface area contributed by atoms with Crippen molar-refractivity contribution in [3.8, 4) is 0 Å². The first-order valence-corrected chi connectivity index (χ1v) is 8.38. The Morgan fingerprint density at radius 3 is 2.96 bits per heavy atom. The molecule has 1 aromatic carbocycles. The SMILES string of the molecule is Cc1cccc2c(CCNC(=O)C[C@H](C)n3ccnc3C)c[nH]c12. The number of aromatic amines is 1. The number of nitrogens with one attached hydrogen (secondary N) is 2. The lowest BCUT2D eigenvalue weighted by Crippen LogP contribution is -2.27. The van der Waals surface area contributed by atoms with Crippen molar-refractivity contribution in [2.75, 3.05) is 6.54 Å². The van der Waals surface area contributed by atoms with Gasteiger partial charge in [-0.2, -0.15) is 0 Å². The molecule has 2 aromatic heterocycles. The van der Waals surface area contributed by atoms with Crippen LogP contribution in [0.3, 0.4) is 0 Å². The van der Waals surface area contributed by atoms with E-state index in [9.17, 15) is 4.79 Å². The highest BCUT2D eigenvalue weighted by Gasteiger charge is 2.12. The minimum absolute atomic E-state index is 0.0756. The molecule has 3 rings (SSSR count). The van der Waals surface area contributed by atoms with Crippen LogP contribution in [0, 0.1) is 13.8 Å². The molecule has 5 heteroatoms. The second kappa shape index (κ2) is 6.91. The lowest BCUT2D eigenvalue weighted by molar-refractivity contribution is -0.121. The van der Waals surface area contributed by atoms with Crippen LogP contribution in [0.15, 0.2) is 36.8 Å². The molecule has 0 aliphatic heterocycles. The number of fused-ring (bicyclic) bond motifs is 1. The zero-order chi connectivity index (χ0) is 17.1. The van der Waals surface area contributed by atoms with Crippen molar-refractivity contribution in [3.63, 3.8) is 0 Å². The van der Waals surface area contributed by atoms with Crippen molar-refractivity contribution in [3.05, 3.63) is 53.7 Å². The topological polar surface area (TPSA) is 62.7 Å². The highest BCUT2D eigenvalue weighted by atomic mass is 16.1. The molecule has 0 bridgehead atoms. The third kappa shape index (κ3) is 3.35. The number of hydrogen-bond acceptors (Lipinski definition) is 2. The van der Waals surface area contributed by atoms with Gasteiger partial charge in [0.05, 0.1) is 0 Å². The van der Waals surface area contributed by atoms with Crippen molar-refractivity contribution in [1.82, 2.24) is 19.9 Å². The van der Waals surface area contributed by atoms with Crippen molar-refractivity contribution in [1.29, 1.82) is 0 Å². The van der Waals surface area contributed by atoms with Gasteiger partial charge in [-0.3, -0.25) is 4.79 Å². The molecule has 5 nitrogen and oxygen atoms in total. The lowest BCUT2D eigenvalue weighted by Gasteiger charge is -2.14. The van der Waals surface area contributed by atoms with Crippen LogP contribution in [0.2, 0.25) is 0 Å².